The molecule has 0 aliphatic heterocycles. The summed E-state index contributed by atoms with van der Waals surface area (Å²) in [5.41, 5.74) is 5.71. The Labute approximate surface area is 100 Å². The maximum absolute atomic E-state index is 11.5. The van der Waals surface area contributed by atoms with Crippen LogP contribution < -0.4 is 11.1 Å². The third kappa shape index (κ3) is 5.41. The number of ether oxygens (including phenoxy) is 1. The Morgan fingerprint density at radius 2 is 2.53 bits per heavy atom. The second kappa shape index (κ2) is 7.75. The molecule has 0 spiro atoms. The molecule has 0 radical (unpaired) electrons. The molecule has 7 heteroatoms. The topological polar surface area (TPSA) is 106 Å². The number of rotatable bonds is 8. The van der Waals surface area contributed by atoms with E-state index in [9.17, 15) is 4.79 Å². The first-order valence-corrected chi connectivity index (χ1v) is 5.60. The van der Waals surface area contributed by atoms with Crippen LogP contribution in [-0.2, 0) is 16.0 Å². The highest BCUT2D eigenvalue weighted by Gasteiger charge is 2.12. The van der Waals surface area contributed by atoms with E-state index in [1.807, 2.05) is 0 Å². The van der Waals surface area contributed by atoms with E-state index >= 15 is 0 Å². The molecule has 1 amide bonds. The molecule has 0 aliphatic carbocycles. The smallest absolute Gasteiger partial charge is 0.236 e. The van der Waals surface area contributed by atoms with Gasteiger partial charge >= 0.3 is 0 Å². The number of nitrogens with one attached hydrogen (secondary N) is 2. The number of methoxy groups -OCH3 is 1. The number of H-pyrrole nitrogens is 1. The average molecular weight is 241 g/mol. The van der Waals surface area contributed by atoms with Crippen molar-refractivity contribution in [2.45, 2.75) is 25.3 Å². The van der Waals surface area contributed by atoms with E-state index < -0.39 is 6.04 Å². The molecule has 7 nitrogen and oxygen atoms in total. The number of aromatic nitrogens is 3. The Balaban J connectivity index is 2.11. The van der Waals surface area contributed by atoms with Gasteiger partial charge in [-0.2, -0.15) is 5.10 Å². The van der Waals surface area contributed by atoms with Crippen molar-refractivity contribution in [3.8, 4) is 0 Å². The second-order valence-corrected chi connectivity index (χ2v) is 3.71. The molecule has 1 aromatic rings. The van der Waals surface area contributed by atoms with Crippen LogP contribution in [0.4, 0.5) is 0 Å². The van der Waals surface area contributed by atoms with Crippen LogP contribution >= 0.6 is 0 Å². The number of nitrogens with two attached hydrogens (primary N) is 1. The number of hydrogen-bond donors (Lipinski definition) is 3. The van der Waals surface area contributed by atoms with Crippen molar-refractivity contribution in [3.05, 3.63) is 12.2 Å². The van der Waals surface area contributed by atoms with Crippen molar-refractivity contribution < 1.29 is 9.53 Å². The molecule has 0 aliphatic rings. The zero-order valence-corrected chi connectivity index (χ0v) is 9.98. The van der Waals surface area contributed by atoms with Gasteiger partial charge in [-0.25, -0.2) is 4.98 Å². The predicted molar refractivity (Wildman–Crippen MR) is 62.2 cm³/mol. The minimum Gasteiger partial charge on any atom is -0.385 e. The monoisotopic (exact) mass is 241 g/mol. The summed E-state index contributed by atoms with van der Waals surface area (Å²) in [6, 6.07) is -0.472. The number of aromatic amines is 1. The molecular formula is C10H19N5O2. The summed E-state index contributed by atoms with van der Waals surface area (Å²) in [6.45, 7) is 1.13. The van der Waals surface area contributed by atoms with Crippen LogP contribution in [0.5, 0.6) is 0 Å². The zero-order chi connectivity index (χ0) is 12.5. The van der Waals surface area contributed by atoms with Gasteiger partial charge < -0.3 is 15.8 Å². The van der Waals surface area contributed by atoms with Gasteiger partial charge in [0, 0.05) is 26.7 Å². The third-order valence-electron chi connectivity index (χ3n) is 2.33. The fourth-order valence-electron chi connectivity index (χ4n) is 1.37. The summed E-state index contributed by atoms with van der Waals surface area (Å²) >= 11 is 0. The van der Waals surface area contributed by atoms with Crippen molar-refractivity contribution in [2.75, 3.05) is 20.3 Å². The summed E-state index contributed by atoms with van der Waals surface area (Å²) in [4.78, 5) is 15.5. The molecule has 96 valence electrons. The lowest BCUT2D eigenvalue weighted by Crippen LogP contribution is -2.41. The summed E-state index contributed by atoms with van der Waals surface area (Å²) in [7, 11) is 1.63. The van der Waals surface area contributed by atoms with Crippen LogP contribution in [0, 0.1) is 0 Å². The molecule has 1 heterocycles. The van der Waals surface area contributed by atoms with E-state index in [2.05, 4.69) is 20.5 Å². The minimum atomic E-state index is -0.472. The van der Waals surface area contributed by atoms with Gasteiger partial charge in [0.1, 0.15) is 12.2 Å². The quantitative estimate of drug-likeness (QED) is 0.517. The number of nitrogens with zero attached hydrogens (tertiary/aromatic N) is 2. The predicted octanol–water partition coefficient (Wildman–Crippen LogP) is -0.783. The highest BCUT2D eigenvalue weighted by molar-refractivity contribution is 5.81. The summed E-state index contributed by atoms with van der Waals surface area (Å²) in [5, 5.41) is 9.19. The Kier molecular flexibility index (Phi) is 6.19. The largest absolute Gasteiger partial charge is 0.385 e. The molecule has 0 aromatic carbocycles. The van der Waals surface area contributed by atoms with Crippen molar-refractivity contribution in [1.82, 2.24) is 20.5 Å². The molecule has 1 unspecified atom stereocenters. The summed E-state index contributed by atoms with van der Waals surface area (Å²) in [6.07, 6.45) is 3.47. The van der Waals surface area contributed by atoms with E-state index in [1.54, 1.807) is 7.11 Å². The van der Waals surface area contributed by atoms with Gasteiger partial charge in [-0.05, 0) is 12.8 Å². The molecule has 0 fully saturated rings. The Morgan fingerprint density at radius 1 is 1.71 bits per heavy atom. The molecular weight excluding hydrogens is 222 g/mol. The van der Waals surface area contributed by atoms with Crippen LogP contribution in [0.15, 0.2) is 6.33 Å². The van der Waals surface area contributed by atoms with E-state index in [4.69, 9.17) is 10.5 Å². The number of carbonyl (C=O) groups is 1. The number of hydrogen-bond acceptors (Lipinski definition) is 5. The van der Waals surface area contributed by atoms with Crippen LogP contribution in [0.25, 0.3) is 0 Å². The number of amides is 1. The average Bonchev–Trinajstić information content (AvgIpc) is 2.82. The molecule has 4 N–H and O–H groups in total. The Morgan fingerprint density at radius 3 is 3.18 bits per heavy atom. The molecule has 0 saturated carbocycles. The third-order valence-corrected chi connectivity index (χ3v) is 2.33. The highest BCUT2D eigenvalue weighted by Crippen LogP contribution is 1.95. The molecule has 17 heavy (non-hydrogen) atoms. The number of carbonyl (C=O) groups excluding carboxylic acids is 1. The maximum atomic E-state index is 11.5. The van der Waals surface area contributed by atoms with Crippen LogP contribution in [0.3, 0.4) is 0 Å². The summed E-state index contributed by atoms with van der Waals surface area (Å²) < 4.78 is 4.90. The Bertz CT molecular complexity index is 315. The fraction of sp³-hybridized carbons (Fsp3) is 0.700. The van der Waals surface area contributed by atoms with Gasteiger partial charge in [-0.1, -0.05) is 0 Å². The maximum Gasteiger partial charge on any atom is 0.236 e. The van der Waals surface area contributed by atoms with E-state index in [1.165, 1.54) is 6.33 Å². The van der Waals surface area contributed by atoms with E-state index in [0.717, 1.165) is 12.2 Å². The van der Waals surface area contributed by atoms with Crippen LogP contribution in [-0.4, -0.2) is 47.4 Å². The fourth-order valence-corrected chi connectivity index (χ4v) is 1.37. The molecule has 1 rings (SSSR count). The lowest BCUT2D eigenvalue weighted by molar-refractivity contribution is -0.122. The SMILES string of the molecule is COCCCC(N)C(=O)NCCc1ncn[nH]1. The van der Waals surface area contributed by atoms with E-state index in [0.29, 0.717) is 26.0 Å². The van der Waals surface area contributed by atoms with Gasteiger partial charge in [-0.15, -0.1) is 0 Å². The van der Waals surface area contributed by atoms with Crippen molar-refractivity contribution in [3.63, 3.8) is 0 Å². The Hall–Kier alpha value is -1.47. The highest BCUT2D eigenvalue weighted by atomic mass is 16.5. The van der Waals surface area contributed by atoms with Crippen molar-refractivity contribution >= 4 is 5.91 Å². The first-order chi connectivity index (χ1) is 8.24. The van der Waals surface area contributed by atoms with Crippen LogP contribution in [0.1, 0.15) is 18.7 Å². The molecule has 0 bridgehead atoms. The van der Waals surface area contributed by atoms with Crippen molar-refractivity contribution in [2.24, 2.45) is 5.73 Å². The normalized spacial score (nSPS) is 12.4. The van der Waals surface area contributed by atoms with E-state index in [-0.39, 0.29) is 5.91 Å². The van der Waals surface area contributed by atoms with Gasteiger partial charge in [0.2, 0.25) is 5.91 Å². The van der Waals surface area contributed by atoms with Gasteiger partial charge in [-0.3, -0.25) is 9.89 Å². The summed E-state index contributed by atoms with van der Waals surface area (Å²) in [5.74, 6) is 0.610. The lowest BCUT2D eigenvalue weighted by atomic mass is 10.1. The molecule has 1 aromatic heterocycles. The van der Waals surface area contributed by atoms with Gasteiger partial charge in [0.25, 0.3) is 0 Å². The first-order valence-electron chi connectivity index (χ1n) is 5.60. The van der Waals surface area contributed by atoms with Gasteiger partial charge in [0.05, 0.1) is 6.04 Å². The van der Waals surface area contributed by atoms with Crippen LogP contribution in [0.2, 0.25) is 0 Å². The molecule has 0 saturated heterocycles. The second-order valence-electron chi connectivity index (χ2n) is 3.71. The van der Waals surface area contributed by atoms with Crippen molar-refractivity contribution in [1.29, 1.82) is 0 Å². The first kappa shape index (κ1) is 13.6. The minimum absolute atomic E-state index is 0.138. The molecule has 1 atom stereocenters. The van der Waals surface area contributed by atoms with Gasteiger partial charge in [0.15, 0.2) is 0 Å². The lowest BCUT2D eigenvalue weighted by Gasteiger charge is -2.11. The standard InChI is InChI=1S/C10H19N5O2/c1-17-6-2-3-8(11)10(16)12-5-4-9-13-7-14-15-9/h7-8H,2-6,11H2,1H3,(H,12,16)(H,13,14,15). The zero-order valence-electron chi connectivity index (χ0n) is 9.98.